The van der Waals surface area contributed by atoms with Crippen LogP contribution in [0.15, 0.2) is 47.1 Å². The fourth-order valence-corrected chi connectivity index (χ4v) is 4.43. The second-order valence-corrected chi connectivity index (χ2v) is 9.06. The van der Waals surface area contributed by atoms with E-state index in [0.29, 0.717) is 18.5 Å². The van der Waals surface area contributed by atoms with E-state index in [4.69, 9.17) is 4.74 Å². The topological polar surface area (TPSA) is 134 Å². The Labute approximate surface area is 175 Å². The molecule has 0 aromatic heterocycles. The summed E-state index contributed by atoms with van der Waals surface area (Å²) in [6.45, 7) is 0.0700. The zero-order valence-electron chi connectivity index (χ0n) is 16.4. The van der Waals surface area contributed by atoms with E-state index >= 15 is 0 Å². The van der Waals surface area contributed by atoms with Crippen LogP contribution in [0.2, 0.25) is 0 Å². The lowest BCUT2D eigenvalue weighted by Crippen LogP contribution is -2.49. The Morgan fingerprint density at radius 2 is 2.00 bits per heavy atom. The van der Waals surface area contributed by atoms with Gasteiger partial charge in [-0.25, -0.2) is 4.79 Å². The minimum absolute atomic E-state index is 0.0700. The molecule has 1 aliphatic carbocycles. The fourth-order valence-electron chi connectivity index (χ4n) is 3.52. The molecule has 2 amide bonds. The first-order valence-corrected chi connectivity index (χ1v) is 11.3. The lowest BCUT2D eigenvalue weighted by atomic mass is 10.1. The molecule has 0 saturated heterocycles. The molecule has 0 radical (unpaired) electrons. The highest BCUT2D eigenvalue weighted by molar-refractivity contribution is 7.86. The summed E-state index contributed by atoms with van der Waals surface area (Å²) in [6.07, 6.45) is 4.55. The van der Waals surface area contributed by atoms with Gasteiger partial charge in [0, 0.05) is 30.8 Å². The molecule has 162 valence electrons. The largest absolute Gasteiger partial charge is 0.445 e. The van der Waals surface area contributed by atoms with Gasteiger partial charge in [0.1, 0.15) is 12.6 Å². The van der Waals surface area contributed by atoms with Gasteiger partial charge in [0.25, 0.3) is 10.1 Å². The minimum Gasteiger partial charge on any atom is -0.445 e. The van der Waals surface area contributed by atoms with E-state index in [2.05, 4.69) is 15.6 Å². The van der Waals surface area contributed by atoms with Crippen LogP contribution in [0, 0.1) is 0 Å². The molecule has 0 bridgehead atoms. The zero-order valence-corrected chi connectivity index (χ0v) is 17.2. The van der Waals surface area contributed by atoms with E-state index < -0.39 is 39.5 Å². The number of aliphatic imine (C=N–C) groups is 1. The lowest BCUT2D eigenvalue weighted by Gasteiger charge is -2.21. The van der Waals surface area contributed by atoms with E-state index in [1.807, 2.05) is 36.4 Å². The summed E-state index contributed by atoms with van der Waals surface area (Å²) in [4.78, 5) is 29.2. The molecule has 9 nitrogen and oxygen atoms in total. The van der Waals surface area contributed by atoms with Crippen LogP contribution in [0.25, 0.3) is 0 Å². The predicted molar refractivity (Wildman–Crippen MR) is 110 cm³/mol. The van der Waals surface area contributed by atoms with Crippen molar-refractivity contribution in [2.75, 3.05) is 0 Å². The van der Waals surface area contributed by atoms with Crippen LogP contribution in [-0.4, -0.2) is 48.5 Å². The van der Waals surface area contributed by atoms with Crippen LogP contribution in [0.5, 0.6) is 0 Å². The fraction of sp³-hybridized carbons (Fsp3) is 0.450. The first-order chi connectivity index (χ1) is 14.3. The van der Waals surface area contributed by atoms with Crippen LogP contribution >= 0.6 is 0 Å². The van der Waals surface area contributed by atoms with E-state index in [1.165, 1.54) is 0 Å². The number of carbonyl (C=O) groups excluding carboxylic acids is 2. The van der Waals surface area contributed by atoms with Crippen molar-refractivity contribution < 1.29 is 27.3 Å². The Bertz CT molecular complexity index is 929. The van der Waals surface area contributed by atoms with Crippen LogP contribution in [-0.2, 0) is 26.3 Å². The number of nitrogens with zero attached hydrogens (tertiary/aromatic N) is 1. The molecular weight excluding hydrogens is 410 g/mol. The molecule has 3 atom stereocenters. The highest BCUT2D eigenvalue weighted by atomic mass is 32.2. The van der Waals surface area contributed by atoms with E-state index in [9.17, 15) is 22.6 Å². The number of amides is 2. The normalized spacial score (nSPS) is 21.7. The monoisotopic (exact) mass is 435 g/mol. The van der Waals surface area contributed by atoms with Gasteiger partial charge in [0.2, 0.25) is 5.91 Å². The number of alkyl carbamates (subject to hydrolysis) is 1. The maximum absolute atomic E-state index is 12.8. The molecule has 3 rings (SSSR count). The third kappa shape index (κ3) is 6.39. The molecule has 2 aliphatic rings. The van der Waals surface area contributed by atoms with Crippen LogP contribution in [0.1, 0.15) is 37.7 Å². The van der Waals surface area contributed by atoms with E-state index in [1.54, 1.807) is 6.21 Å². The number of benzene rings is 1. The Kier molecular flexibility index (Phi) is 7.22. The zero-order chi connectivity index (χ0) is 21.6. The van der Waals surface area contributed by atoms with E-state index in [0.717, 1.165) is 5.56 Å². The third-order valence-electron chi connectivity index (χ3n) is 5.10. The van der Waals surface area contributed by atoms with Crippen molar-refractivity contribution in [1.82, 2.24) is 10.6 Å². The number of nitrogens with one attached hydrogen (secondary N) is 2. The maximum atomic E-state index is 12.8. The Morgan fingerprint density at radius 3 is 2.63 bits per heavy atom. The number of ether oxygens (including phenoxy) is 1. The molecule has 3 N–H and O–H groups in total. The maximum Gasteiger partial charge on any atom is 0.408 e. The summed E-state index contributed by atoms with van der Waals surface area (Å²) in [7, 11) is -4.13. The van der Waals surface area contributed by atoms with Gasteiger partial charge in [-0.2, -0.15) is 8.42 Å². The number of hydrogen-bond donors (Lipinski definition) is 3. The smallest absolute Gasteiger partial charge is 0.408 e. The van der Waals surface area contributed by atoms with Crippen molar-refractivity contribution in [1.29, 1.82) is 0 Å². The summed E-state index contributed by atoms with van der Waals surface area (Å²) in [6, 6.07) is 7.85. The first-order valence-electron chi connectivity index (χ1n) is 9.76. The van der Waals surface area contributed by atoms with Crippen molar-refractivity contribution in [2.45, 2.75) is 56.0 Å². The first kappa shape index (κ1) is 22.0. The highest BCUT2D eigenvalue weighted by Gasteiger charge is 2.35. The molecular formula is C20H25N3O6S. The van der Waals surface area contributed by atoms with Gasteiger partial charge in [0.05, 0.1) is 5.25 Å². The van der Waals surface area contributed by atoms with Gasteiger partial charge in [-0.15, -0.1) is 0 Å². The number of hydrogen-bond acceptors (Lipinski definition) is 6. The highest BCUT2D eigenvalue weighted by Crippen LogP contribution is 2.25. The van der Waals surface area contributed by atoms with Crippen LogP contribution in [0.4, 0.5) is 4.79 Å². The van der Waals surface area contributed by atoms with Gasteiger partial charge in [-0.1, -0.05) is 36.4 Å². The van der Waals surface area contributed by atoms with Gasteiger partial charge in [-0.05, 0) is 24.8 Å². The van der Waals surface area contributed by atoms with Crippen LogP contribution < -0.4 is 10.6 Å². The number of carbonyl (C=O) groups is 2. The van der Waals surface area contributed by atoms with Crippen molar-refractivity contribution in [3.8, 4) is 0 Å². The molecule has 1 fully saturated rings. The molecule has 10 heteroatoms. The average Bonchev–Trinajstić information content (AvgIpc) is 3.38. The standard InChI is InChI=1S/C20H25N3O6S/c24-19(22-16-8-9-17(11-16)30(26,27)28)18(12-15-7-4-10-21-15)23-20(25)29-13-14-5-2-1-3-6-14/h1-3,5-7,10,16-18H,4,8-9,11-13H2,(H,22,24)(H,23,25)(H,26,27,28)/t16?,17?,18-/m0/s1. The Balaban J connectivity index is 1.58. The minimum atomic E-state index is -4.13. The summed E-state index contributed by atoms with van der Waals surface area (Å²) in [5, 5.41) is 4.46. The quantitative estimate of drug-likeness (QED) is 0.535. The van der Waals surface area contributed by atoms with Crippen molar-refractivity contribution in [3.05, 3.63) is 47.7 Å². The molecule has 2 unspecified atom stereocenters. The summed E-state index contributed by atoms with van der Waals surface area (Å²) < 4.78 is 37.0. The second-order valence-electron chi connectivity index (χ2n) is 7.36. The average molecular weight is 436 g/mol. The SMILES string of the molecule is O=C(N[C@@H](CC1=CCC=N1)C(=O)NC1CCC(S(=O)(=O)O)C1)OCc1ccccc1. The van der Waals surface area contributed by atoms with Gasteiger partial charge in [-0.3, -0.25) is 14.3 Å². The van der Waals surface area contributed by atoms with E-state index in [-0.39, 0.29) is 25.9 Å². The van der Waals surface area contributed by atoms with Gasteiger partial charge < -0.3 is 15.4 Å². The lowest BCUT2D eigenvalue weighted by molar-refractivity contribution is -0.123. The van der Waals surface area contributed by atoms with Crippen molar-refractivity contribution >= 4 is 28.3 Å². The molecule has 1 aliphatic heterocycles. The Hall–Kier alpha value is -2.72. The summed E-state index contributed by atoms with van der Waals surface area (Å²) in [5.41, 5.74) is 1.50. The predicted octanol–water partition coefficient (Wildman–Crippen LogP) is 1.95. The molecule has 1 aromatic carbocycles. The number of rotatable bonds is 8. The summed E-state index contributed by atoms with van der Waals surface area (Å²) in [5.74, 6) is -0.448. The van der Waals surface area contributed by atoms with Gasteiger partial charge in [0.15, 0.2) is 0 Å². The van der Waals surface area contributed by atoms with Crippen molar-refractivity contribution in [3.63, 3.8) is 0 Å². The number of allylic oxidation sites excluding steroid dienone is 1. The van der Waals surface area contributed by atoms with Crippen LogP contribution in [0.3, 0.4) is 0 Å². The Morgan fingerprint density at radius 1 is 1.23 bits per heavy atom. The molecule has 0 spiro atoms. The molecule has 30 heavy (non-hydrogen) atoms. The van der Waals surface area contributed by atoms with Crippen molar-refractivity contribution in [2.24, 2.45) is 4.99 Å². The third-order valence-corrected chi connectivity index (χ3v) is 6.37. The van der Waals surface area contributed by atoms with Gasteiger partial charge >= 0.3 is 6.09 Å². The molecule has 1 saturated carbocycles. The second kappa shape index (κ2) is 9.86. The summed E-state index contributed by atoms with van der Waals surface area (Å²) >= 11 is 0. The molecule has 1 aromatic rings. The molecule has 1 heterocycles.